The number of aryl methyl sites for hydroxylation is 2. The number of hydrogen-bond acceptors (Lipinski definition) is 4. The molecule has 0 radical (unpaired) electrons. The number of benzene rings is 2. The Morgan fingerprint density at radius 1 is 1.12 bits per heavy atom. The number of fused-ring (bicyclic) bond motifs is 1. The number of rotatable bonds is 9. The zero-order valence-corrected chi connectivity index (χ0v) is 19.3. The topological polar surface area (TPSA) is 83.8 Å². The van der Waals surface area contributed by atoms with Crippen molar-refractivity contribution >= 4 is 22.9 Å². The van der Waals surface area contributed by atoms with E-state index in [4.69, 9.17) is 4.74 Å². The van der Waals surface area contributed by atoms with E-state index in [0.717, 1.165) is 47.7 Å². The molecule has 0 unspecified atom stereocenters. The average Bonchev–Trinajstić information content (AvgIpc) is 3.12. The molecule has 32 heavy (non-hydrogen) atoms. The number of carbonyl (C=O) groups excluding carboxylic acids is 1. The molecule has 0 aliphatic carbocycles. The Bertz CT molecular complexity index is 1060. The molecule has 8 nitrogen and oxygen atoms in total. The van der Waals surface area contributed by atoms with Crippen molar-refractivity contribution in [3.63, 3.8) is 0 Å². The summed E-state index contributed by atoms with van der Waals surface area (Å²) < 4.78 is 7.43. The van der Waals surface area contributed by atoms with Gasteiger partial charge in [-0.05, 0) is 43.2 Å². The van der Waals surface area contributed by atoms with Crippen LogP contribution < -0.4 is 15.4 Å². The zero-order valence-electron chi connectivity index (χ0n) is 19.3. The second-order valence-electron chi connectivity index (χ2n) is 7.73. The van der Waals surface area contributed by atoms with E-state index in [9.17, 15) is 4.79 Å². The predicted octanol–water partition coefficient (Wildman–Crippen LogP) is 2.57. The second kappa shape index (κ2) is 11.2. The van der Waals surface area contributed by atoms with Crippen LogP contribution in [0.2, 0.25) is 0 Å². The van der Waals surface area contributed by atoms with Gasteiger partial charge in [0, 0.05) is 27.2 Å². The number of para-hydroxylation sites is 2. The maximum absolute atomic E-state index is 12.0. The number of likely N-dealkylation sites (N-methyl/N-ethyl adjacent to an activating group) is 1. The average molecular weight is 437 g/mol. The number of aliphatic imine (C=N–C) groups is 1. The molecule has 0 aliphatic rings. The van der Waals surface area contributed by atoms with Crippen molar-refractivity contribution in [1.82, 2.24) is 25.1 Å². The Kier molecular flexibility index (Phi) is 8.08. The smallest absolute Gasteiger partial charge is 0.241 e. The molecule has 1 aromatic heterocycles. The van der Waals surface area contributed by atoms with Crippen molar-refractivity contribution in [2.75, 3.05) is 34.3 Å². The molecule has 2 N–H and O–H groups in total. The highest BCUT2D eigenvalue weighted by atomic mass is 16.5. The van der Waals surface area contributed by atoms with Crippen molar-refractivity contribution in [3.05, 3.63) is 59.9 Å². The highest BCUT2D eigenvalue weighted by molar-refractivity contribution is 5.86. The standard InChI is InChI=1S/C24H32N6O2/c1-18-28-21-8-5-6-9-22(21)30(18)15-7-14-25-24(27-17-23(31)29(2)3)26-16-19-10-12-20(32-4)13-11-19/h5-6,8-13H,7,14-17H2,1-4H3,(H2,25,26,27). The Morgan fingerprint density at radius 3 is 2.59 bits per heavy atom. The van der Waals surface area contributed by atoms with Crippen molar-refractivity contribution in [2.24, 2.45) is 4.99 Å². The predicted molar refractivity (Wildman–Crippen MR) is 128 cm³/mol. The van der Waals surface area contributed by atoms with Gasteiger partial charge < -0.3 is 24.8 Å². The van der Waals surface area contributed by atoms with E-state index in [1.807, 2.05) is 49.4 Å². The van der Waals surface area contributed by atoms with E-state index in [-0.39, 0.29) is 12.5 Å². The minimum atomic E-state index is -0.00976. The number of imidazole rings is 1. The lowest BCUT2D eigenvalue weighted by Gasteiger charge is -2.15. The summed E-state index contributed by atoms with van der Waals surface area (Å²) in [5.74, 6) is 2.43. The molecule has 1 heterocycles. The molecule has 0 fully saturated rings. The van der Waals surface area contributed by atoms with Gasteiger partial charge in [-0.3, -0.25) is 4.79 Å². The van der Waals surface area contributed by atoms with E-state index in [0.29, 0.717) is 12.5 Å². The fraction of sp³-hybridized carbons (Fsp3) is 0.375. The van der Waals surface area contributed by atoms with Gasteiger partial charge in [0.25, 0.3) is 0 Å². The summed E-state index contributed by atoms with van der Waals surface area (Å²) in [5.41, 5.74) is 3.23. The van der Waals surface area contributed by atoms with Gasteiger partial charge in [0.05, 0.1) is 31.2 Å². The SMILES string of the molecule is COc1ccc(CN=C(NCCCn2c(C)nc3ccccc32)NCC(=O)N(C)C)cc1. The molecular weight excluding hydrogens is 404 g/mol. The van der Waals surface area contributed by atoms with Crippen LogP contribution >= 0.6 is 0 Å². The first-order valence-corrected chi connectivity index (χ1v) is 10.7. The van der Waals surface area contributed by atoms with Gasteiger partial charge in [-0.15, -0.1) is 0 Å². The third-order valence-corrected chi connectivity index (χ3v) is 5.18. The lowest BCUT2D eigenvalue weighted by molar-refractivity contribution is -0.127. The van der Waals surface area contributed by atoms with Gasteiger partial charge in [-0.2, -0.15) is 0 Å². The van der Waals surface area contributed by atoms with Crippen molar-refractivity contribution in [2.45, 2.75) is 26.4 Å². The minimum absolute atomic E-state index is 0.00976. The van der Waals surface area contributed by atoms with Crippen LogP contribution in [0, 0.1) is 6.92 Å². The van der Waals surface area contributed by atoms with E-state index in [1.165, 1.54) is 0 Å². The third-order valence-electron chi connectivity index (χ3n) is 5.18. The number of aromatic nitrogens is 2. The largest absolute Gasteiger partial charge is 0.497 e. The van der Waals surface area contributed by atoms with Gasteiger partial charge in [0.2, 0.25) is 5.91 Å². The Labute approximate surface area is 189 Å². The fourth-order valence-corrected chi connectivity index (χ4v) is 3.32. The summed E-state index contributed by atoms with van der Waals surface area (Å²) in [6.07, 6.45) is 0.895. The van der Waals surface area contributed by atoms with Gasteiger partial charge >= 0.3 is 0 Å². The number of nitrogens with one attached hydrogen (secondary N) is 2. The quantitative estimate of drug-likeness (QED) is 0.306. The van der Waals surface area contributed by atoms with Gasteiger partial charge in [-0.25, -0.2) is 9.98 Å². The molecule has 0 bridgehead atoms. The molecule has 0 saturated carbocycles. The summed E-state index contributed by atoms with van der Waals surface area (Å²) in [6.45, 7) is 4.29. The van der Waals surface area contributed by atoms with Gasteiger partial charge in [0.1, 0.15) is 11.6 Å². The maximum atomic E-state index is 12.0. The van der Waals surface area contributed by atoms with E-state index < -0.39 is 0 Å². The monoisotopic (exact) mass is 436 g/mol. The van der Waals surface area contributed by atoms with E-state index >= 15 is 0 Å². The van der Waals surface area contributed by atoms with Gasteiger partial charge in [0.15, 0.2) is 5.96 Å². The summed E-state index contributed by atoms with van der Waals surface area (Å²) in [4.78, 5) is 22.8. The molecular formula is C24H32N6O2. The van der Waals surface area contributed by atoms with Crippen LogP contribution in [0.25, 0.3) is 11.0 Å². The minimum Gasteiger partial charge on any atom is -0.497 e. The van der Waals surface area contributed by atoms with Crippen LogP contribution in [0.4, 0.5) is 0 Å². The molecule has 170 valence electrons. The Hall–Kier alpha value is -3.55. The molecule has 8 heteroatoms. The molecule has 1 amide bonds. The van der Waals surface area contributed by atoms with E-state index in [1.54, 1.807) is 26.1 Å². The van der Waals surface area contributed by atoms with Crippen molar-refractivity contribution < 1.29 is 9.53 Å². The summed E-state index contributed by atoms with van der Waals surface area (Å²) in [6, 6.07) is 16.0. The maximum Gasteiger partial charge on any atom is 0.241 e. The summed E-state index contributed by atoms with van der Waals surface area (Å²) >= 11 is 0. The van der Waals surface area contributed by atoms with Crippen LogP contribution in [-0.4, -0.2) is 60.6 Å². The molecule has 3 aromatic rings. The Balaban J connectivity index is 1.59. The molecule has 0 spiro atoms. The Morgan fingerprint density at radius 2 is 1.88 bits per heavy atom. The first-order chi connectivity index (χ1) is 15.5. The molecule has 0 saturated heterocycles. The molecule has 0 aliphatic heterocycles. The van der Waals surface area contributed by atoms with Crippen molar-refractivity contribution in [3.8, 4) is 5.75 Å². The lowest BCUT2D eigenvalue weighted by atomic mass is 10.2. The van der Waals surface area contributed by atoms with Crippen molar-refractivity contribution in [1.29, 1.82) is 0 Å². The molecule has 0 atom stereocenters. The lowest BCUT2D eigenvalue weighted by Crippen LogP contribution is -2.43. The van der Waals surface area contributed by atoms with E-state index in [2.05, 4.69) is 31.2 Å². The number of guanidine groups is 1. The van der Waals surface area contributed by atoms with Gasteiger partial charge in [-0.1, -0.05) is 24.3 Å². The third kappa shape index (κ3) is 6.23. The number of methoxy groups -OCH3 is 1. The van der Waals surface area contributed by atoms with Crippen LogP contribution in [0.1, 0.15) is 17.8 Å². The summed E-state index contributed by atoms with van der Waals surface area (Å²) in [5, 5.41) is 6.48. The highest BCUT2D eigenvalue weighted by Crippen LogP contribution is 2.15. The number of hydrogen-bond donors (Lipinski definition) is 2. The van der Waals surface area contributed by atoms with Crippen LogP contribution in [0.5, 0.6) is 5.75 Å². The highest BCUT2D eigenvalue weighted by Gasteiger charge is 2.08. The normalized spacial score (nSPS) is 11.4. The fourth-order valence-electron chi connectivity index (χ4n) is 3.32. The number of ether oxygens (including phenoxy) is 1. The zero-order chi connectivity index (χ0) is 22.9. The number of nitrogens with zero attached hydrogens (tertiary/aromatic N) is 4. The molecule has 2 aromatic carbocycles. The van der Waals surface area contributed by atoms with Crippen LogP contribution in [-0.2, 0) is 17.9 Å². The second-order valence-corrected chi connectivity index (χ2v) is 7.73. The molecule has 3 rings (SSSR count). The first-order valence-electron chi connectivity index (χ1n) is 10.7. The summed E-state index contributed by atoms with van der Waals surface area (Å²) in [7, 11) is 5.13. The number of amides is 1. The van der Waals surface area contributed by atoms with Crippen LogP contribution in [0.3, 0.4) is 0 Å². The number of carbonyl (C=O) groups is 1. The van der Waals surface area contributed by atoms with Crippen LogP contribution in [0.15, 0.2) is 53.5 Å². The first kappa shape index (κ1) is 23.1.